The lowest BCUT2D eigenvalue weighted by atomic mass is 10.4. The molecule has 0 saturated carbocycles. The molecule has 7 nitrogen and oxygen atoms in total. The van der Waals surface area contributed by atoms with E-state index in [0.717, 1.165) is 23.8 Å². The molecule has 28 heavy (non-hydrogen) atoms. The van der Waals surface area contributed by atoms with Crippen molar-refractivity contribution in [1.82, 2.24) is 19.4 Å². The molecule has 9 heteroatoms. The Morgan fingerprint density at radius 2 is 2.00 bits per heavy atom. The molecule has 0 amide bonds. The maximum Gasteiger partial charge on any atom is 0.160 e. The van der Waals surface area contributed by atoms with Crippen molar-refractivity contribution < 1.29 is 13.2 Å². The van der Waals surface area contributed by atoms with Crippen LogP contribution in [0.1, 0.15) is 5.69 Å². The Morgan fingerprint density at radius 3 is 2.71 bits per heavy atom. The molecule has 152 valence electrons. The van der Waals surface area contributed by atoms with Crippen LogP contribution < -0.4 is 0 Å². The number of hydrogen-bond acceptors (Lipinski definition) is 6. The predicted molar refractivity (Wildman–Crippen MR) is 114 cm³/mol. The summed E-state index contributed by atoms with van der Waals surface area (Å²) in [5, 5.41) is 0. The molecule has 2 aromatic rings. The molecular formula is C19H28N4O3SSi. The highest BCUT2D eigenvalue weighted by atomic mass is 32.2. The molecule has 1 aliphatic rings. The third-order valence-electron chi connectivity index (χ3n) is 4.65. The molecule has 1 fully saturated rings. The Balaban J connectivity index is 1.55. The van der Waals surface area contributed by atoms with Gasteiger partial charge in [0.2, 0.25) is 0 Å². The summed E-state index contributed by atoms with van der Waals surface area (Å²) in [6.07, 6.45) is 3.61. The van der Waals surface area contributed by atoms with E-state index in [0.29, 0.717) is 32.1 Å². The highest BCUT2D eigenvalue weighted by Crippen LogP contribution is 2.12. The van der Waals surface area contributed by atoms with Crippen LogP contribution in [0.3, 0.4) is 0 Å². The Kier molecular flexibility index (Phi) is 6.55. The lowest BCUT2D eigenvalue weighted by molar-refractivity contribution is 0.0899. The highest BCUT2D eigenvalue weighted by Gasteiger charge is 2.20. The number of aromatic nitrogens is 3. The second-order valence-electron chi connectivity index (χ2n) is 8.33. The van der Waals surface area contributed by atoms with Crippen LogP contribution in [0.2, 0.25) is 25.7 Å². The van der Waals surface area contributed by atoms with E-state index in [1.807, 2.05) is 21.7 Å². The number of sulfone groups is 1. The maximum atomic E-state index is 11.5. The van der Waals surface area contributed by atoms with Gasteiger partial charge in [0.15, 0.2) is 15.5 Å². The standard InChI is InChI=1S/C19H28N4O3SSi/c1-28(2,3)14-11-26-16-23-8-6-18-19(23)20-15-17(21-18)5-4-7-22-9-12-27(24,25)13-10-22/h6,8,15H,7,9-14,16H2,1-3H3. The lowest BCUT2D eigenvalue weighted by Gasteiger charge is -2.24. The van der Waals surface area contributed by atoms with E-state index in [-0.39, 0.29) is 11.5 Å². The number of rotatable bonds is 6. The minimum atomic E-state index is -2.85. The summed E-state index contributed by atoms with van der Waals surface area (Å²) in [6, 6.07) is 3.06. The van der Waals surface area contributed by atoms with Crippen molar-refractivity contribution in [1.29, 1.82) is 0 Å². The van der Waals surface area contributed by atoms with Crippen molar-refractivity contribution in [3.8, 4) is 11.8 Å². The number of fused-ring (bicyclic) bond motifs is 1. The van der Waals surface area contributed by atoms with Gasteiger partial charge in [0, 0.05) is 34.0 Å². The minimum absolute atomic E-state index is 0.216. The third kappa shape index (κ3) is 6.14. The molecule has 0 spiro atoms. The Hall–Kier alpha value is -1.73. The van der Waals surface area contributed by atoms with Crippen molar-refractivity contribution in [3.05, 3.63) is 24.2 Å². The summed E-state index contributed by atoms with van der Waals surface area (Å²) >= 11 is 0. The van der Waals surface area contributed by atoms with Gasteiger partial charge in [0.1, 0.15) is 17.9 Å². The van der Waals surface area contributed by atoms with Crippen molar-refractivity contribution >= 4 is 29.1 Å². The zero-order chi connectivity index (χ0) is 20.2. The van der Waals surface area contributed by atoms with E-state index in [1.54, 1.807) is 6.20 Å². The van der Waals surface area contributed by atoms with Crippen LogP contribution in [0, 0.1) is 11.8 Å². The largest absolute Gasteiger partial charge is 0.361 e. The van der Waals surface area contributed by atoms with E-state index in [4.69, 9.17) is 4.74 Å². The fourth-order valence-corrected chi connectivity index (χ4v) is 4.85. The SMILES string of the molecule is C[Si](C)(C)CCOCn1ccc2nc(C#CCN3CCS(=O)(=O)CC3)cnc21. The molecule has 0 aromatic carbocycles. The number of hydrogen-bond donors (Lipinski definition) is 0. The Bertz CT molecular complexity index is 972. The maximum absolute atomic E-state index is 11.5. The molecule has 1 saturated heterocycles. The molecule has 0 bridgehead atoms. The molecule has 0 aliphatic carbocycles. The minimum Gasteiger partial charge on any atom is -0.361 e. The second kappa shape index (κ2) is 8.74. The first-order valence-electron chi connectivity index (χ1n) is 9.53. The topological polar surface area (TPSA) is 77.3 Å². The van der Waals surface area contributed by atoms with Crippen LogP contribution in [0.25, 0.3) is 11.2 Å². The highest BCUT2D eigenvalue weighted by molar-refractivity contribution is 7.91. The van der Waals surface area contributed by atoms with Gasteiger partial charge in [-0.25, -0.2) is 18.4 Å². The summed E-state index contributed by atoms with van der Waals surface area (Å²) in [5.41, 5.74) is 2.21. The first kappa shape index (κ1) is 21.0. The second-order valence-corrected chi connectivity index (χ2v) is 16.3. The van der Waals surface area contributed by atoms with E-state index >= 15 is 0 Å². The molecule has 2 aromatic heterocycles. The van der Waals surface area contributed by atoms with Gasteiger partial charge in [0.05, 0.1) is 24.2 Å². The summed E-state index contributed by atoms with van der Waals surface area (Å²) < 4.78 is 30.7. The summed E-state index contributed by atoms with van der Waals surface area (Å²) in [4.78, 5) is 11.1. The smallest absolute Gasteiger partial charge is 0.160 e. The van der Waals surface area contributed by atoms with E-state index in [2.05, 4.69) is 41.4 Å². The summed E-state index contributed by atoms with van der Waals surface area (Å²) in [6.45, 7) is 9.88. The van der Waals surface area contributed by atoms with E-state index in [9.17, 15) is 8.42 Å². The number of nitrogens with zero attached hydrogens (tertiary/aromatic N) is 4. The van der Waals surface area contributed by atoms with Crippen molar-refractivity contribution in [2.75, 3.05) is 37.7 Å². The first-order chi connectivity index (χ1) is 13.2. The van der Waals surface area contributed by atoms with E-state index in [1.165, 1.54) is 0 Å². The quantitative estimate of drug-likeness (QED) is 0.403. The van der Waals surface area contributed by atoms with Gasteiger partial charge in [-0.3, -0.25) is 4.90 Å². The average molecular weight is 421 g/mol. The van der Waals surface area contributed by atoms with Crippen LogP contribution in [-0.2, 0) is 21.3 Å². The van der Waals surface area contributed by atoms with Crippen molar-refractivity contribution in [2.24, 2.45) is 0 Å². The molecule has 3 heterocycles. The zero-order valence-corrected chi connectivity index (χ0v) is 18.6. The molecule has 0 atom stereocenters. The van der Waals surface area contributed by atoms with Crippen LogP contribution in [0.5, 0.6) is 0 Å². The van der Waals surface area contributed by atoms with Gasteiger partial charge >= 0.3 is 0 Å². The van der Waals surface area contributed by atoms with Crippen LogP contribution in [-0.4, -0.2) is 73.7 Å². The molecule has 3 rings (SSSR count). The third-order valence-corrected chi connectivity index (χ3v) is 7.96. The monoisotopic (exact) mass is 420 g/mol. The first-order valence-corrected chi connectivity index (χ1v) is 15.1. The molecule has 0 unspecified atom stereocenters. The molecular weight excluding hydrogens is 392 g/mol. The summed E-state index contributed by atoms with van der Waals surface area (Å²) in [5.74, 6) is 6.54. The molecule has 0 N–H and O–H groups in total. The number of ether oxygens (including phenoxy) is 1. The van der Waals surface area contributed by atoms with Crippen molar-refractivity contribution in [2.45, 2.75) is 32.4 Å². The van der Waals surface area contributed by atoms with Gasteiger partial charge in [-0.05, 0) is 18.0 Å². The normalized spacial score (nSPS) is 17.4. The fraction of sp³-hybridized carbons (Fsp3) is 0.579. The van der Waals surface area contributed by atoms with Gasteiger partial charge in [-0.1, -0.05) is 25.6 Å². The Morgan fingerprint density at radius 1 is 1.25 bits per heavy atom. The van der Waals surface area contributed by atoms with Crippen LogP contribution >= 0.6 is 0 Å². The predicted octanol–water partition coefficient (Wildman–Crippen LogP) is 1.83. The Labute approximate surface area is 168 Å². The molecule has 1 aliphatic heterocycles. The van der Waals surface area contributed by atoms with Crippen molar-refractivity contribution in [3.63, 3.8) is 0 Å². The van der Waals surface area contributed by atoms with Gasteiger partial charge < -0.3 is 9.30 Å². The van der Waals surface area contributed by atoms with Crippen LogP contribution in [0.4, 0.5) is 0 Å². The molecule has 0 radical (unpaired) electrons. The zero-order valence-electron chi connectivity index (χ0n) is 16.8. The van der Waals surface area contributed by atoms with E-state index < -0.39 is 17.9 Å². The van der Waals surface area contributed by atoms with Gasteiger partial charge in [-0.15, -0.1) is 0 Å². The average Bonchev–Trinajstić information content (AvgIpc) is 3.02. The van der Waals surface area contributed by atoms with Gasteiger partial charge in [-0.2, -0.15) is 0 Å². The lowest BCUT2D eigenvalue weighted by Crippen LogP contribution is -2.40. The fourth-order valence-electron chi connectivity index (χ4n) is 2.82. The van der Waals surface area contributed by atoms with Crippen LogP contribution in [0.15, 0.2) is 18.5 Å². The summed E-state index contributed by atoms with van der Waals surface area (Å²) in [7, 11) is -3.94. The van der Waals surface area contributed by atoms with Gasteiger partial charge in [0.25, 0.3) is 0 Å².